The molecule has 0 bridgehead atoms. The van der Waals surface area contributed by atoms with Gasteiger partial charge in [0.25, 0.3) is 5.56 Å². The van der Waals surface area contributed by atoms with E-state index in [0.717, 1.165) is 38.6 Å². The van der Waals surface area contributed by atoms with E-state index in [1.54, 1.807) is 12.1 Å². The highest BCUT2D eigenvalue weighted by atomic mass is 79.9. The fourth-order valence-corrected chi connectivity index (χ4v) is 5.49. The van der Waals surface area contributed by atoms with E-state index in [0.29, 0.717) is 33.2 Å². The normalized spacial score (nSPS) is 16.8. The van der Waals surface area contributed by atoms with Gasteiger partial charge in [0.15, 0.2) is 5.78 Å². The minimum absolute atomic E-state index is 0.0691. The number of allylic oxidation sites excluding steroid dienone is 4. The Labute approximate surface area is 275 Å². The fraction of sp³-hybridized carbons (Fsp3) is 0.588. The largest absolute Gasteiger partial charge is 0.481 e. The van der Waals surface area contributed by atoms with Gasteiger partial charge >= 0.3 is 5.97 Å². The summed E-state index contributed by atoms with van der Waals surface area (Å²) in [4.78, 5) is 39.3. The van der Waals surface area contributed by atoms with Crippen molar-refractivity contribution in [1.82, 2.24) is 14.9 Å². The van der Waals surface area contributed by atoms with Crippen LogP contribution in [-0.2, 0) is 16.1 Å². The molecule has 0 unspecified atom stereocenters. The summed E-state index contributed by atoms with van der Waals surface area (Å²) in [5, 5.41) is 22.4. The number of nitrogens with zero attached hydrogens (tertiary/aromatic N) is 2. The van der Waals surface area contributed by atoms with Gasteiger partial charge in [-0.05, 0) is 86.0 Å². The number of aliphatic carboxylic acids is 1. The van der Waals surface area contributed by atoms with Crippen molar-refractivity contribution in [3.63, 3.8) is 0 Å². The topological polar surface area (TPSA) is 122 Å². The lowest BCUT2D eigenvalue weighted by atomic mass is 9.97. The summed E-state index contributed by atoms with van der Waals surface area (Å²) in [6.07, 6.45) is 24.9. The van der Waals surface area contributed by atoms with E-state index < -0.39 is 12.1 Å². The molecule has 1 aliphatic rings. The van der Waals surface area contributed by atoms with E-state index >= 15 is 0 Å². The zero-order chi connectivity index (χ0) is 32.2. The number of rotatable bonds is 18. The average Bonchev–Trinajstić information content (AvgIpc) is 2.99. The number of aromatic nitrogens is 2. The minimum atomic E-state index is -0.671. The number of aliphatic hydroxyl groups excluding tert-OH is 1. The molecule has 1 aromatic heterocycles. The zero-order valence-electron chi connectivity index (χ0n) is 26.0. The number of unbranched alkanes of at least 4 members (excludes halogenated alkanes) is 8. The number of carboxylic acid groups (broad SMARTS) is 1. The van der Waals surface area contributed by atoms with Crippen molar-refractivity contribution in [2.75, 3.05) is 6.54 Å². The molecular formula is C34H49BrClN3O5. The van der Waals surface area contributed by atoms with Gasteiger partial charge in [0.1, 0.15) is 0 Å². The molecule has 8 nitrogen and oxygen atoms in total. The number of carbonyl (C=O) groups excluding carboxylic acids is 1. The second kappa shape index (κ2) is 22.2. The van der Waals surface area contributed by atoms with Crippen molar-refractivity contribution < 1.29 is 19.8 Å². The van der Waals surface area contributed by atoms with Crippen molar-refractivity contribution in [2.45, 2.75) is 122 Å². The van der Waals surface area contributed by atoms with Gasteiger partial charge in [0.05, 0.1) is 34.9 Å². The molecule has 1 fully saturated rings. The third-order valence-corrected chi connectivity index (χ3v) is 8.75. The molecule has 3 rings (SSSR count). The van der Waals surface area contributed by atoms with Crippen molar-refractivity contribution in [3.8, 4) is 0 Å². The van der Waals surface area contributed by atoms with Crippen molar-refractivity contribution in [2.24, 2.45) is 0 Å². The molecule has 0 amide bonds. The first kappa shape index (κ1) is 37.9. The van der Waals surface area contributed by atoms with Crippen LogP contribution in [0.25, 0.3) is 10.9 Å². The highest BCUT2D eigenvalue weighted by molar-refractivity contribution is 9.10. The Balaban J connectivity index is 0.000000314. The number of fused-ring (bicyclic) bond motifs is 1. The highest BCUT2D eigenvalue weighted by Crippen LogP contribution is 2.25. The number of carbonyl (C=O) groups is 2. The van der Waals surface area contributed by atoms with Crippen LogP contribution in [0.15, 0.2) is 52.0 Å². The molecule has 3 N–H and O–H groups in total. The molecule has 1 aromatic carbocycles. The Morgan fingerprint density at radius 2 is 1.75 bits per heavy atom. The van der Waals surface area contributed by atoms with Crippen LogP contribution in [0.2, 0.25) is 5.02 Å². The first-order valence-corrected chi connectivity index (χ1v) is 17.2. The van der Waals surface area contributed by atoms with Crippen molar-refractivity contribution >= 4 is 50.2 Å². The predicted octanol–water partition coefficient (Wildman–Crippen LogP) is 7.77. The summed E-state index contributed by atoms with van der Waals surface area (Å²) in [7, 11) is 0. The van der Waals surface area contributed by atoms with Crippen LogP contribution in [-0.4, -0.2) is 50.2 Å². The number of carboxylic acids is 1. The molecule has 0 radical (unpaired) electrons. The van der Waals surface area contributed by atoms with Gasteiger partial charge in [-0.3, -0.25) is 19.0 Å². The number of halogens is 2. The first-order valence-electron chi connectivity index (χ1n) is 16.0. The van der Waals surface area contributed by atoms with Crippen LogP contribution < -0.4 is 10.9 Å². The summed E-state index contributed by atoms with van der Waals surface area (Å²) in [5.41, 5.74) is 0.212. The smallest absolute Gasteiger partial charge is 0.303 e. The lowest BCUT2D eigenvalue weighted by Crippen LogP contribution is -2.46. The standard InChI is InChI=1S/C18H32O2.C16H17BrClN3O3/c1-2-3-4-5-6-7-8-9-10-11-12-13-14-15-16-17-18(19)20;17-11-6-13-10(5-12(11)18)16(24)21(8-20-13)7-9(22)4-14-15(23)2-1-3-19-14/h6-7,9-10H,2-5,8,11-17H2,1H3,(H,19,20);5-6,8,14-15,19,23H,1-4,7H2/b7-6-,10-9-;/t;14-,15+/m.1/s1. The van der Waals surface area contributed by atoms with Crippen LogP contribution in [0.4, 0.5) is 0 Å². The molecule has 2 heterocycles. The number of hydrogen-bond donors (Lipinski definition) is 3. The number of aliphatic hydroxyl groups is 1. The number of piperidine rings is 1. The molecule has 0 aliphatic carbocycles. The van der Waals surface area contributed by atoms with Crippen LogP contribution in [0.3, 0.4) is 0 Å². The third-order valence-electron chi connectivity index (χ3n) is 7.55. The van der Waals surface area contributed by atoms with E-state index in [1.807, 2.05) is 0 Å². The number of benzene rings is 1. The minimum Gasteiger partial charge on any atom is -0.481 e. The van der Waals surface area contributed by atoms with E-state index in [9.17, 15) is 19.5 Å². The maximum Gasteiger partial charge on any atom is 0.303 e. The van der Waals surface area contributed by atoms with Gasteiger partial charge < -0.3 is 15.5 Å². The molecule has 1 aliphatic heterocycles. The quantitative estimate of drug-likeness (QED) is 0.108. The summed E-state index contributed by atoms with van der Waals surface area (Å²) in [6.45, 7) is 2.96. The molecule has 10 heteroatoms. The Bertz CT molecular complexity index is 1280. The Morgan fingerprint density at radius 1 is 1.07 bits per heavy atom. The van der Waals surface area contributed by atoms with Crippen molar-refractivity contribution in [3.05, 3.63) is 62.6 Å². The monoisotopic (exact) mass is 693 g/mol. The summed E-state index contributed by atoms with van der Waals surface area (Å²) in [5.74, 6) is -0.796. The maximum absolute atomic E-state index is 12.5. The molecule has 1 saturated heterocycles. The van der Waals surface area contributed by atoms with Gasteiger partial charge in [-0.2, -0.15) is 0 Å². The Hall–Kier alpha value is -2.33. The van der Waals surface area contributed by atoms with Crippen LogP contribution in [0.1, 0.15) is 103 Å². The Kier molecular flexibility index (Phi) is 19.1. The molecule has 244 valence electrons. The van der Waals surface area contributed by atoms with Gasteiger partial charge in [0.2, 0.25) is 0 Å². The molecule has 0 saturated carbocycles. The second-order valence-corrected chi connectivity index (χ2v) is 12.6. The molecule has 0 spiro atoms. The van der Waals surface area contributed by atoms with Gasteiger partial charge in [-0.25, -0.2) is 4.98 Å². The highest BCUT2D eigenvalue weighted by Gasteiger charge is 2.25. The third kappa shape index (κ3) is 15.1. The number of nitrogens with one attached hydrogen (secondary N) is 1. The van der Waals surface area contributed by atoms with Gasteiger partial charge in [-0.1, -0.05) is 74.9 Å². The second-order valence-electron chi connectivity index (χ2n) is 11.3. The van der Waals surface area contributed by atoms with E-state index in [2.05, 4.69) is 57.5 Å². The van der Waals surface area contributed by atoms with E-state index in [1.165, 1.54) is 55.8 Å². The summed E-state index contributed by atoms with van der Waals surface area (Å²) >= 11 is 9.33. The van der Waals surface area contributed by atoms with Crippen LogP contribution in [0, 0.1) is 0 Å². The van der Waals surface area contributed by atoms with Crippen LogP contribution >= 0.6 is 27.5 Å². The molecule has 44 heavy (non-hydrogen) atoms. The van der Waals surface area contributed by atoms with Gasteiger partial charge in [-0.15, -0.1) is 0 Å². The zero-order valence-corrected chi connectivity index (χ0v) is 28.3. The van der Waals surface area contributed by atoms with Gasteiger partial charge in [0, 0.05) is 23.4 Å². The number of ketones is 1. The lowest BCUT2D eigenvalue weighted by Gasteiger charge is -2.28. The SMILES string of the molecule is CCCCC/C=C\C/C=C\CCCCCCCC(=O)O.O=C(C[C@H]1NCCC[C@@H]1O)Cn1cnc2cc(Br)c(Cl)cc2c1=O. The number of hydrogen-bond acceptors (Lipinski definition) is 6. The summed E-state index contributed by atoms with van der Waals surface area (Å²) < 4.78 is 1.94. The first-order chi connectivity index (χ1) is 21.2. The molecule has 2 atom stereocenters. The average molecular weight is 695 g/mol. The molecule has 2 aromatic rings. The summed E-state index contributed by atoms with van der Waals surface area (Å²) in [6, 6.07) is 2.97. The Morgan fingerprint density at radius 3 is 2.43 bits per heavy atom. The molecular weight excluding hydrogens is 646 g/mol. The maximum atomic E-state index is 12.5. The predicted molar refractivity (Wildman–Crippen MR) is 182 cm³/mol. The fourth-order valence-electron chi connectivity index (χ4n) is 5.00. The van der Waals surface area contributed by atoms with Crippen LogP contribution in [0.5, 0.6) is 0 Å². The lowest BCUT2D eigenvalue weighted by molar-refractivity contribution is -0.137. The van der Waals surface area contributed by atoms with E-state index in [-0.39, 0.29) is 30.3 Å². The van der Waals surface area contributed by atoms with E-state index in [4.69, 9.17) is 16.7 Å². The van der Waals surface area contributed by atoms with Crippen molar-refractivity contribution in [1.29, 1.82) is 0 Å². The number of Topliss-reactive ketones (excluding diaryl/α,β-unsaturated/α-hetero) is 1.